The summed E-state index contributed by atoms with van der Waals surface area (Å²) in [6.07, 6.45) is 9.40. The number of aryl methyl sites for hydroxylation is 2. The highest BCUT2D eigenvalue weighted by Crippen LogP contribution is 2.25. The Morgan fingerprint density at radius 1 is 1.22 bits per heavy atom. The fourth-order valence-electron chi connectivity index (χ4n) is 3.84. The molecule has 0 aromatic carbocycles. The molecule has 3 N–H and O–H groups in total. The number of fused-ring (bicyclic) bond motifs is 1. The van der Waals surface area contributed by atoms with Gasteiger partial charge in [0.15, 0.2) is 0 Å². The Morgan fingerprint density at radius 3 is 2.58 bits per heavy atom. The van der Waals surface area contributed by atoms with E-state index in [0.717, 1.165) is 43.7 Å². The van der Waals surface area contributed by atoms with Crippen LogP contribution in [0.25, 0.3) is 0 Å². The number of methoxy groups -OCH3 is 1. The standard InChI is InChI=1S/C23H30N4O4.HO4P.H2/c1-31-23-25-14-18(15-26-23)17(13-21(29)30)12-20(28)8-3-2-7-19-10-9-16-6-4-5-11-24-22(16)27-19;1-4-5(2)3;/h9-10,14-15,17H,2-8,11-13H2,1H3,(H,24,27)(H,29,30);1H;1H/t17-;;/m0../s1. The molecule has 1 aliphatic rings. The molecule has 0 spiro atoms. The van der Waals surface area contributed by atoms with Crippen LogP contribution in [-0.4, -0.2) is 50.7 Å². The number of carboxylic acids is 1. The van der Waals surface area contributed by atoms with Crippen molar-refractivity contribution < 1.29 is 40.2 Å². The Balaban J connectivity index is 0.00000104. The first-order valence-corrected chi connectivity index (χ1v) is 12.7. The molecule has 0 fully saturated rings. The van der Waals surface area contributed by atoms with Crippen LogP contribution in [0.15, 0.2) is 24.5 Å². The molecule has 2 atom stereocenters. The van der Waals surface area contributed by atoms with Gasteiger partial charge >= 0.3 is 20.2 Å². The minimum Gasteiger partial charge on any atom is -0.565 e. The van der Waals surface area contributed by atoms with Gasteiger partial charge in [0.05, 0.1) is 13.5 Å². The molecule has 36 heavy (non-hydrogen) atoms. The van der Waals surface area contributed by atoms with Crippen LogP contribution in [0.5, 0.6) is 6.01 Å². The summed E-state index contributed by atoms with van der Waals surface area (Å²) in [4.78, 5) is 45.5. The van der Waals surface area contributed by atoms with E-state index in [9.17, 15) is 14.7 Å². The van der Waals surface area contributed by atoms with Crippen molar-refractivity contribution in [2.75, 3.05) is 19.0 Å². The first-order chi connectivity index (χ1) is 17.3. The molecule has 2 aromatic heterocycles. The number of hydrogen-bond acceptors (Lipinski definition) is 11. The van der Waals surface area contributed by atoms with E-state index in [0.29, 0.717) is 12.0 Å². The van der Waals surface area contributed by atoms with Crippen molar-refractivity contribution in [3.8, 4) is 6.01 Å². The molecule has 0 radical (unpaired) electrons. The molecule has 13 heteroatoms. The van der Waals surface area contributed by atoms with Gasteiger partial charge in [-0.1, -0.05) is 6.07 Å². The van der Waals surface area contributed by atoms with Crippen LogP contribution in [0.3, 0.4) is 0 Å². The molecular weight excluding hydrogens is 491 g/mol. The topological polar surface area (TPSA) is 184 Å². The van der Waals surface area contributed by atoms with Crippen LogP contribution >= 0.6 is 8.25 Å². The minimum atomic E-state index is -3.04. The molecular formula is C23H33N4O8P. The average Bonchev–Trinajstić information content (AvgIpc) is 3.11. The molecule has 1 unspecified atom stereocenters. The third kappa shape index (κ3) is 10.7. The van der Waals surface area contributed by atoms with Crippen molar-refractivity contribution in [1.29, 1.82) is 0 Å². The number of Topliss-reactive ketones (excluding diaryl/α,β-unsaturated/α-hetero) is 1. The maximum atomic E-state index is 12.5. The average molecular weight is 525 g/mol. The molecule has 0 saturated heterocycles. The number of carboxylic acid groups (broad SMARTS) is 1. The van der Waals surface area contributed by atoms with E-state index in [-0.39, 0.29) is 26.1 Å². The normalized spacial score (nSPS) is 13.7. The number of carbonyl (C=O) groups is 2. The maximum Gasteiger partial charge on any atom is 0.521 e. The molecule has 0 amide bonds. The molecule has 0 bridgehead atoms. The lowest BCUT2D eigenvalue weighted by molar-refractivity contribution is -0.244. The van der Waals surface area contributed by atoms with Crippen molar-refractivity contribution in [3.63, 3.8) is 0 Å². The van der Waals surface area contributed by atoms with E-state index in [1.807, 2.05) is 0 Å². The zero-order chi connectivity index (χ0) is 26.3. The van der Waals surface area contributed by atoms with E-state index in [1.165, 1.54) is 37.9 Å². The number of nitrogens with one attached hydrogen (secondary N) is 1. The summed E-state index contributed by atoms with van der Waals surface area (Å²) in [7, 11) is -1.58. The second kappa shape index (κ2) is 15.8. The lowest BCUT2D eigenvalue weighted by atomic mass is 9.91. The Morgan fingerprint density at radius 2 is 1.94 bits per heavy atom. The second-order valence-corrected chi connectivity index (χ2v) is 8.86. The Bertz CT molecular complexity index is 1010. The van der Waals surface area contributed by atoms with E-state index >= 15 is 0 Å². The molecule has 3 rings (SSSR count). The quantitative estimate of drug-likeness (QED) is 0.159. The highest BCUT2D eigenvalue weighted by atomic mass is 31.1. The van der Waals surface area contributed by atoms with Gasteiger partial charge in [-0.3, -0.25) is 9.59 Å². The number of rotatable bonds is 12. The number of ether oxygens (including phenoxy) is 1. The number of anilines is 1. The summed E-state index contributed by atoms with van der Waals surface area (Å²) in [5.41, 5.74) is 2.96. The molecule has 2 aromatic rings. The van der Waals surface area contributed by atoms with E-state index < -0.39 is 20.1 Å². The maximum absolute atomic E-state index is 12.5. The van der Waals surface area contributed by atoms with Gasteiger partial charge in [0.2, 0.25) is 0 Å². The molecule has 12 nitrogen and oxygen atoms in total. The minimum absolute atomic E-state index is 0. The number of pyridine rings is 1. The number of aromatic nitrogens is 3. The molecule has 198 valence electrons. The Hall–Kier alpha value is -3.05. The third-order valence-corrected chi connectivity index (χ3v) is 5.74. The summed E-state index contributed by atoms with van der Waals surface area (Å²) in [5, 5.41) is 19.7. The zero-order valence-corrected chi connectivity index (χ0v) is 21.0. The summed E-state index contributed by atoms with van der Waals surface area (Å²) in [5.74, 6) is -0.326. The van der Waals surface area contributed by atoms with Crippen molar-refractivity contribution >= 4 is 25.8 Å². The third-order valence-electron chi connectivity index (χ3n) is 5.60. The Kier molecular flexibility index (Phi) is 12.8. The predicted octanol–water partition coefficient (Wildman–Crippen LogP) is 3.30. The highest BCUT2D eigenvalue weighted by molar-refractivity contribution is 7.30. The fourth-order valence-corrected chi connectivity index (χ4v) is 3.84. The van der Waals surface area contributed by atoms with Crippen LogP contribution in [0.1, 0.15) is 69.1 Å². The summed E-state index contributed by atoms with van der Waals surface area (Å²) in [6.45, 7) is 0.967. The van der Waals surface area contributed by atoms with E-state index in [1.54, 1.807) is 0 Å². The zero-order valence-electron chi connectivity index (χ0n) is 20.1. The lowest BCUT2D eigenvalue weighted by Gasteiger charge is -2.14. The largest absolute Gasteiger partial charge is 0.565 e. The SMILES string of the molecule is COc1ncc([C@H](CC(=O)O)CC(=O)CCCCc2ccc3c(n2)NCCCC3)cn1.O=[P+]([O-])OO.[HH]. The van der Waals surface area contributed by atoms with Crippen molar-refractivity contribution in [1.82, 2.24) is 15.0 Å². The van der Waals surface area contributed by atoms with Gasteiger partial charge < -0.3 is 20.1 Å². The van der Waals surface area contributed by atoms with Gasteiger partial charge in [0.25, 0.3) is 0 Å². The number of unbranched alkanes of at least 4 members (excludes halogenated alkanes) is 1. The van der Waals surface area contributed by atoms with Crippen LogP contribution in [0, 0.1) is 0 Å². The van der Waals surface area contributed by atoms with Gasteiger partial charge in [0, 0.05) is 49.5 Å². The second-order valence-electron chi connectivity index (χ2n) is 8.25. The first kappa shape index (κ1) is 29.2. The molecule has 0 aliphatic carbocycles. The number of aliphatic carboxylic acids is 1. The highest BCUT2D eigenvalue weighted by Gasteiger charge is 2.20. The van der Waals surface area contributed by atoms with Gasteiger partial charge in [-0.05, 0) is 60.3 Å². The van der Waals surface area contributed by atoms with Gasteiger partial charge in [-0.2, -0.15) is 0 Å². The smallest absolute Gasteiger partial charge is 0.521 e. The van der Waals surface area contributed by atoms with Crippen LogP contribution in [0.2, 0.25) is 0 Å². The fraction of sp³-hybridized carbons (Fsp3) is 0.522. The van der Waals surface area contributed by atoms with Gasteiger partial charge in [-0.15, -0.1) is 0 Å². The summed E-state index contributed by atoms with van der Waals surface area (Å²) in [6, 6.07) is 4.46. The van der Waals surface area contributed by atoms with E-state index in [4.69, 9.17) is 24.4 Å². The van der Waals surface area contributed by atoms with Crippen molar-refractivity contribution in [2.45, 2.75) is 63.7 Å². The van der Waals surface area contributed by atoms with Crippen LogP contribution in [0.4, 0.5) is 5.82 Å². The molecule has 0 saturated carbocycles. The lowest BCUT2D eigenvalue weighted by Crippen LogP contribution is -2.12. The number of carbonyl (C=O) groups excluding carboxylic acids is 1. The van der Waals surface area contributed by atoms with Crippen LogP contribution in [-0.2, 0) is 31.7 Å². The monoisotopic (exact) mass is 524 g/mol. The number of ketones is 1. The molecule has 3 heterocycles. The predicted molar refractivity (Wildman–Crippen MR) is 130 cm³/mol. The van der Waals surface area contributed by atoms with E-state index in [2.05, 4.69) is 32.1 Å². The number of nitrogens with zero attached hydrogens (tertiary/aromatic N) is 3. The molecule has 1 aliphatic heterocycles. The van der Waals surface area contributed by atoms with Crippen LogP contribution < -0.4 is 14.9 Å². The summed E-state index contributed by atoms with van der Waals surface area (Å²) >= 11 is 0. The van der Waals surface area contributed by atoms with Crippen molar-refractivity contribution in [3.05, 3.63) is 41.3 Å². The number of hydrogen-bond donors (Lipinski definition) is 3. The van der Waals surface area contributed by atoms with Gasteiger partial charge in [0.1, 0.15) is 11.6 Å². The van der Waals surface area contributed by atoms with Crippen molar-refractivity contribution in [2.24, 2.45) is 0 Å². The first-order valence-electron chi connectivity index (χ1n) is 11.6. The Labute approximate surface area is 211 Å². The summed E-state index contributed by atoms with van der Waals surface area (Å²) < 4.78 is 16.6. The van der Waals surface area contributed by atoms with Gasteiger partial charge in [-0.25, -0.2) is 20.2 Å².